The molecule has 3 N–H and O–H groups in total. The molecule has 1 aliphatic carbocycles. The number of nitrogens with one attached hydrogen (secondary N) is 1. The van der Waals surface area contributed by atoms with Gasteiger partial charge in [0.2, 0.25) is 10.0 Å². The number of rotatable bonds is 5. The first kappa shape index (κ1) is 14.9. The molecule has 2 rings (SSSR count). The SMILES string of the molecule is COc1cc(N)ccc1S(=O)(=O)NCC1CC=CCC1. The number of anilines is 1. The van der Waals surface area contributed by atoms with E-state index in [4.69, 9.17) is 10.5 Å². The molecule has 0 amide bonds. The number of ether oxygens (including phenoxy) is 1. The maximum atomic E-state index is 12.3. The van der Waals surface area contributed by atoms with Crippen molar-refractivity contribution < 1.29 is 13.2 Å². The van der Waals surface area contributed by atoms with E-state index >= 15 is 0 Å². The van der Waals surface area contributed by atoms with Gasteiger partial charge in [0.05, 0.1) is 7.11 Å². The van der Waals surface area contributed by atoms with Crippen LogP contribution in [0.5, 0.6) is 5.75 Å². The average molecular weight is 296 g/mol. The lowest BCUT2D eigenvalue weighted by atomic mass is 9.95. The molecule has 1 aromatic carbocycles. The van der Waals surface area contributed by atoms with Crippen molar-refractivity contribution in [3.05, 3.63) is 30.4 Å². The summed E-state index contributed by atoms with van der Waals surface area (Å²) in [6.07, 6.45) is 7.18. The molecule has 1 unspecified atom stereocenters. The summed E-state index contributed by atoms with van der Waals surface area (Å²) in [5.74, 6) is 0.621. The molecule has 0 aromatic heterocycles. The van der Waals surface area contributed by atoms with E-state index in [-0.39, 0.29) is 10.6 Å². The Kier molecular flexibility index (Phi) is 4.67. The molecule has 1 aromatic rings. The number of nitrogen functional groups attached to an aromatic ring is 1. The summed E-state index contributed by atoms with van der Waals surface area (Å²) in [5, 5.41) is 0. The Labute approximate surface area is 119 Å². The first-order chi connectivity index (χ1) is 9.53. The molecule has 0 spiro atoms. The van der Waals surface area contributed by atoms with Gasteiger partial charge in [0.1, 0.15) is 10.6 Å². The van der Waals surface area contributed by atoms with E-state index in [0.717, 1.165) is 19.3 Å². The van der Waals surface area contributed by atoms with Crippen LogP contribution in [0.25, 0.3) is 0 Å². The van der Waals surface area contributed by atoms with Gasteiger partial charge < -0.3 is 10.5 Å². The van der Waals surface area contributed by atoms with Crippen LogP contribution in [-0.4, -0.2) is 22.1 Å². The predicted octanol–water partition coefficient (Wildman–Crippen LogP) is 1.91. The zero-order valence-electron chi connectivity index (χ0n) is 11.5. The molecule has 1 aliphatic rings. The Balaban J connectivity index is 2.11. The lowest BCUT2D eigenvalue weighted by Gasteiger charge is -2.18. The van der Waals surface area contributed by atoms with Gasteiger partial charge in [0.25, 0.3) is 0 Å². The van der Waals surface area contributed by atoms with Crippen LogP contribution in [0.2, 0.25) is 0 Å². The fourth-order valence-electron chi connectivity index (χ4n) is 2.25. The highest BCUT2D eigenvalue weighted by molar-refractivity contribution is 7.89. The summed E-state index contributed by atoms with van der Waals surface area (Å²) in [6.45, 7) is 0.445. The third-order valence-electron chi connectivity index (χ3n) is 3.42. The van der Waals surface area contributed by atoms with Gasteiger partial charge in [-0.1, -0.05) is 12.2 Å². The largest absolute Gasteiger partial charge is 0.495 e. The van der Waals surface area contributed by atoms with Crippen molar-refractivity contribution >= 4 is 15.7 Å². The van der Waals surface area contributed by atoms with E-state index in [9.17, 15) is 8.42 Å². The highest BCUT2D eigenvalue weighted by atomic mass is 32.2. The highest BCUT2D eigenvalue weighted by Gasteiger charge is 2.21. The minimum Gasteiger partial charge on any atom is -0.495 e. The molecule has 1 atom stereocenters. The Hall–Kier alpha value is -1.53. The van der Waals surface area contributed by atoms with Gasteiger partial charge in [-0.25, -0.2) is 13.1 Å². The minimum atomic E-state index is -3.57. The number of nitrogens with two attached hydrogens (primary N) is 1. The van der Waals surface area contributed by atoms with E-state index in [1.54, 1.807) is 6.07 Å². The fraction of sp³-hybridized carbons (Fsp3) is 0.429. The molecule has 0 aliphatic heterocycles. The Bertz CT molecular complexity index is 596. The second-order valence-corrected chi connectivity index (χ2v) is 6.65. The normalized spacial score (nSPS) is 18.9. The third kappa shape index (κ3) is 3.52. The quantitative estimate of drug-likeness (QED) is 0.642. The van der Waals surface area contributed by atoms with Crippen LogP contribution >= 0.6 is 0 Å². The molecule has 0 heterocycles. The van der Waals surface area contributed by atoms with Gasteiger partial charge in [-0.05, 0) is 37.3 Å². The molecular formula is C14H20N2O3S. The number of sulfonamides is 1. The number of allylic oxidation sites excluding steroid dienone is 2. The third-order valence-corrected chi connectivity index (χ3v) is 4.88. The fourth-order valence-corrected chi connectivity index (χ4v) is 3.52. The maximum absolute atomic E-state index is 12.3. The summed E-state index contributed by atoms with van der Waals surface area (Å²) in [6, 6.07) is 4.54. The van der Waals surface area contributed by atoms with Crippen molar-refractivity contribution in [3.63, 3.8) is 0 Å². The molecule has 0 radical (unpaired) electrons. The number of benzene rings is 1. The van der Waals surface area contributed by atoms with Crippen molar-refractivity contribution in [1.82, 2.24) is 4.72 Å². The zero-order valence-corrected chi connectivity index (χ0v) is 12.3. The van der Waals surface area contributed by atoms with Crippen molar-refractivity contribution in [2.75, 3.05) is 19.4 Å². The van der Waals surface area contributed by atoms with Gasteiger partial charge in [-0.15, -0.1) is 0 Å². The van der Waals surface area contributed by atoms with Gasteiger partial charge >= 0.3 is 0 Å². The van der Waals surface area contributed by atoms with Crippen LogP contribution in [0.15, 0.2) is 35.2 Å². The maximum Gasteiger partial charge on any atom is 0.244 e. The zero-order chi connectivity index (χ0) is 14.6. The topological polar surface area (TPSA) is 81.4 Å². The lowest BCUT2D eigenvalue weighted by molar-refractivity contribution is 0.402. The molecule has 20 heavy (non-hydrogen) atoms. The number of hydrogen-bond acceptors (Lipinski definition) is 4. The lowest BCUT2D eigenvalue weighted by Crippen LogP contribution is -2.30. The monoisotopic (exact) mass is 296 g/mol. The molecule has 110 valence electrons. The average Bonchev–Trinajstić information content (AvgIpc) is 2.46. The van der Waals surface area contributed by atoms with Gasteiger partial charge in [0.15, 0.2) is 0 Å². The molecule has 0 bridgehead atoms. The predicted molar refractivity (Wildman–Crippen MR) is 79.1 cm³/mol. The summed E-state index contributed by atoms with van der Waals surface area (Å²) >= 11 is 0. The Morgan fingerprint density at radius 1 is 1.40 bits per heavy atom. The Morgan fingerprint density at radius 2 is 2.20 bits per heavy atom. The molecule has 0 fully saturated rings. The first-order valence-corrected chi connectivity index (χ1v) is 8.09. The van der Waals surface area contributed by atoms with Crippen molar-refractivity contribution in [1.29, 1.82) is 0 Å². The Morgan fingerprint density at radius 3 is 2.85 bits per heavy atom. The smallest absolute Gasteiger partial charge is 0.244 e. The number of hydrogen-bond donors (Lipinski definition) is 2. The summed E-state index contributed by atoms with van der Waals surface area (Å²) in [7, 11) is -2.14. The standard InChI is InChI=1S/C14H20N2O3S/c1-19-13-9-12(15)7-8-14(13)20(17,18)16-10-11-5-3-2-4-6-11/h2-3,7-9,11,16H,4-6,10,15H2,1H3. The van der Waals surface area contributed by atoms with Crippen LogP contribution in [-0.2, 0) is 10.0 Å². The number of methoxy groups -OCH3 is 1. The van der Waals surface area contributed by atoms with Gasteiger partial charge in [0, 0.05) is 18.3 Å². The van der Waals surface area contributed by atoms with Crippen LogP contribution in [0, 0.1) is 5.92 Å². The van der Waals surface area contributed by atoms with Crippen molar-refractivity contribution in [2.45, 2.75) is 24.2 Å². The first-order valence-electron chi connectivity index (χ1n) is 6.61. The summed E-state index contributed by atoms with van der Waals surface area (Å²) in [5.41, 5.74) is 6.10. The van der Waals surface area contributed by atoms with Gasteiger partial charge in [-0.3, -0.25) is 0 Å². The molecule has 0 saturated heterocycles. The van der Waals surface area contributed by atoms with Crippen LogP contribution in [0.4, 0.5) is 5.69 Å². The van der Waals surface area contributed by atoms with Crippen LogP contribution in [0.1, 0.15) is 19.3 Å². The van der Waals surface area contributed by atoms with Crippen molar-refractivity contribution in [2.24, 2.45) is 5.92 Å². The van der Waals surface area contributed by atoms with Crippen molar-refractivity contribution in [3.8, 4) is 5.75 Å². The van der Waals surface area contributed by atoms with E-state index in [1.165, 1.54) is 19.2 Å². The van der Waals surface area contributed by atoms with E-state index in [1.807, 2.05) is 0 Å². The molecule has 0 saturated carbocycles. The van der Waals surface area contributed by atoms with E-state index in [0.29, 0.717) is 18.2 Å². The van der Waals surface area contributed by atoms with Gasteiger partial charge in [-0.2, -0.15) is 0 Å². The highest BCUT2D eigenvalue weighted by Crippen LogP contribution is 2.26. The second kappa shape index (κ2) is 6.28. The van der Waals surface area contributed by atoms with Crippen LogP contribution in [0.3, 0.4) is 0 Å². The summed E-state index contributed by atoms with van der Waals surface area (Å²) in [4.78, 5) is 0.126. The molecular weight excluding hydrogens is 276 g/mol. The molecule has 6 heteroatoms. The van der Waals surface area contributed by atoms with E-state index < -0.39 is 10.0 Å². The van der Waals surface area contributed by atoms with E-state index in [2.05, 4.69) is 16.9 Å². The van der Waals surface area contributed by atoms with Crippen LogP contribution < -0.4 is 15.2 Å². The minimum absolute atomic E-state index is 0.126. The summed E-state index contributed by atoms with van der Waals surface area (Å²) < 4.78 is 32.4. The second-order valence-electron chi connectivity index (χ2n) is 4.91. The molecule has 5 nitrogen and oxygen atoms in total.